The predicted octanol–water partition coefficient (Wildman–Crippen LogP) is 4.22. The van der Waals surface area contributed by atoms with Gasteiger partial charge in [-0.2, -0.15) is 0 Å². The number of methoxy groups -OCH3 is 1. The first kappa shape index (κ1) is 25.6. The van der Waals surface area contributed by atoms with E-state index >= 15 is 0 Å². The molecule has 0 atom stereocenters. The molecule has 32 heavy (non-hydrogen) atoms. The third-order valence-corrected chi connectivity index (χ3v) is 4.92. The first-order valence-corrected chi connectivity index (χ1v) is 10.4. The summed E-state index contributed by atoms with van der Waals surface area (Å²) in [5.74, 6) is 1.55. The summed E-state index contributed by atoms with van der Waals surface area (Å²) in [7, 11) is 3.42. The highest BCUT2D eigenvalue weighted by Gasteiger charge is 2.14. The van der Waals surface area contributed by atoms with Crippen molar-refractivity contribution in [1.82, 2.24) is 15.6 Å². The van der Waals surface area contributed by atoms with Crippen molar-refractivity contribution in [3.05, 3.63) is 95.7 Å². The number of hydrogen-bond acceptors (Lipinski definition) is 4. The Kier molecular flexibility index (Phi) is 11.5. The van der Waals surface area contributed by atoms with Gasteiger partial charge in [0.15, 0.2) is 5.96 Å². The van der Waals surface area contributed by atoms with Gasteiger partial charge in [-0.3, -0.25) is 4.99 Å². The van der Waals surface area contributed by atoms with Crippen molar-refractivity contribution in [2.45, 2.75) is 12.5 Å². The van der Waals surface area contributed by atoms with Crippen LogP contribution in [0.4, 0.5) is 0 Å². The predicted molar refractivity (Wildman–Crippen MR) is 140 cm³/mol. The van der Waals surface area contributed by atoms with E-state index in [-0.39, 0.29) is 29.9 Å². The molecule has 3 rings (SSSR count). The lowest BCUT2D eigenvalue weighted by atomic mass is 9.91. The van der Waals surface area contributed by atoms with Crippen LogP contribution in [-0.4, -0.2) is 44.9 Å². The van der Waals surface area contributed by atoms with Crippen molar-refractivity contribution in [1.29, 1.82) is 0 Å². The average molecular weight is 546 g/mol. The molecule has 6 nitrogen and oxygen atoms in total. The number of halogens is 1. The van der Waals surface area contributed by atoms with E-state index in [1.807, 2.05) is 24.3 Å². The summed E-state index contributed by atoms with van der Waals surface area (Å²) in [6, 6.07) is 24.9. The van der Waals surface area contributed by atoms with E-state index in [0.717, 1.165) is 18.1 Å². The molecule has 3 aromatic rings. The Morgan fingerprint density at radius 3 is 2.16 bits per heavy atom. The first-order chi connectivity index (χ1) is 15.3. The Bertz CT molecular complexity index is 899. The van der Waals surface area contributed by atoms with E-state index in [4.69, 9.17) is 9.47 Å². The summed E-state index contributed by atoms with van der Waals surface area (Å²) >= 11 is 0. The lowest BCUT2D eigenvalue weighted by Gasteiger charge is -2.21. The van der Waals surface area contributed by atoms with Crippen LogP contribution in [0.25, 0.3) is 0 Å². The zero-order chi connectivity index (χ0) is 21.7. The molecule has 0 fully saturated rings. The van der Waals surface area contributed by atoms with Gasteiger partial charge in [0, 0.05) is 44.9 Å². The maximum Gasteiger partial charge on any atom is 0.218 e. The topological polar surface area (TPSA) is 67.8 Å². The second-order valence-electron chi connectivity index (χ2n) is 6.99. The number of hydrogen-bond donors (Lipinski definition) is 2. The molecule has 0 aliphatic heterocycles. The molecule has 0 aliphatic rings. The molecule has 2 N–H and O–H groups in total. The summed E-state index contributed by atoms with van der Waals surface area (Å²) in [5.41, 5.74) is 3.49. The molecule has 1 aromatic heterocycles. The third kappa shape index (κ3) is 7.80. The van der Waals surface area contributed by atoms with Gasteiger partial charge in [-0.05, 0) is 17.2 Å². The molecule has 1 heterocycles. The number of aromatic nitrogens is 1. The van der Waals surface area contributed by atoms with Crippen molar-refractivity contribution < 1.29 is 9.47 Å². The molecule has 0 saturated carbocycles. The number of pyridine rings is 1. The van der Waals surface area contributed by atoms with Gasteiger partial charge in [-0.25, -0.2) is 4.98 Å². The molecule has 0 spiro atoms. The third-order valence-electron chi connectivity index (χ3n) is 4.92. The molecule has 0 bridgehead atoms. The molecule has 0 amide bonds. The molecular formula is C25H31IN4O2. The minimum absolute atomic E-state index is 0. The van der Waals surface area contributed by atoms with Gasteiger partial charge in [0.05, 0.1) is 6.61 Å². The summed E-state index contributed by atoms with van der Waals surface area (Å²) < 4.78 is 10.8. The van der Waals surface area contributed by atoms with Crippen molar-refractivity contribution in [2.24, 2.45) is 4.99 Å². The average Bonchev–Trinajstić information content (AvgIpc) is 2.83. The molecule has 0 aliphatic carbocycles. The van der Waals surface area contributed by atoms with Crippen LogP contribution >= 0.6 is 24.0 Å². The fraction of sp³-hybridized carbons (Fsp3) is 0.280. The summed E-state index contributed by atoms with van der Waals surface area (Å²) in [4.78, 5) is 8.71. The van der Waals surface area contributed by atoms with Gasteiger partial charge >= 0.3 is 0 Å². The highest BCUT2D eigenvalue weighted by atomic mass is 127. The van der Waals surface area contributed by atoms with Crippen LogP contribution in [0.15, 0.2) is 84.0 Å². The van der Waals surface area contributed by atoms with Crippen molar-refractivity contribution in [3.63, 3.8) is 0 Å². The van der Waals surface area contributed by atoms with E-state index in [1.165, 1.54) is 11.1 Å². The van der Waals surface area contributed by atoms with Crippen LogP contribution < -0.4 is 15.4 Å². The van der Waals surface area contributed by atoms with Crippen LogP contribution in [0, 0.1) is 0 Å². The van der Waals surface area contributed by atoms with Crippen molar-refractivity contribution in [2.75, 3.05) is 33.9 Å². The minimum atomic E-state index is 0. The molecule has 0 saturated heterocycles. The van der Waals surface area contributed by atoms with E-state index in [1.54, 1.807) is 20.4 Å². The number of rotatable bonds is 10. The van der Waals surface area contributed by atoms with Crippen molar-refractivity contribution in [3.8, 4) is 5.88 Å². The number of guanidine groups is 1. The SMILES string of the molecule is CN=C(NCc1cccnc1OCCOC)NCC(c1ccccc1)c1ccccc1.I. The van der Waals surface area contributed by atoms with Crippen LogP contribution in [0.5, 0.6) is 5.88 Å². The Labute approximate surface area is 207 Å². The van der Waals surface area contributed by atoms with Crippen molar-refractivity contribution >= 4 is 29.9 Å². The second-order valence-corrected chi connectivity index (χ2v) is 6.99. The van der Waals surface area contributed by atoms with Gasteiger partial charge in [0.1, 0.15) is 6.61 Å². The van der Waals surface area contributed by atoms with Crippen LogP contribution in [0.3, 0.4) is 0 Å². The van der Waals surface area contributed by atoms with E-state index in [9.17, 15) is 0 Å². The Morgan fingerprint density at radius 1 is 0.906 bits per heavy atom. The van der Waals surface area contributed by atoms with E-state index < -0.39 is 0 Å². The zero-order valence-electron chi connectivity index (χ0n) is 18.5. The fourth-order valence-electron chi connectivity index (χ4n) is 3.31. The van der Waals surface area contributed by atoms with E-state index in [2.05, 4.69) is 69.1 Å². The molecular weight excluding hydrogens is 515 g/mol. The highest BCUT2D eigenvalue weighted by Crippen LogP contribution is 2.23. The number of aliphatic imine (C=N–C) groups is 1. The quantitative estimate of drug-likeness (QED) is 0.173. The number of ether oxygens (including phenoxy) is 2. The summed E-state index contributed by atoms with van der Waals surface area (Å²) in [6.07, 6.45) is 1.73. The number of nitrogens with one attached hydrogen (secondary N) is 2. The highest BCUT2D eigenvalue weighted by molar-refractivity contribution is 14.0. The van der Waals surface area contributed by atoms with Gasteiger partial charge in [-0.15, -0.1) is 24.0 Å². The standard InChI is InChI=1S/C25H30N4O2.HI/c1-26-25(28-18-22-14-9-15-27-24(22)31-17-16-30-2)29-19-23(20-10-5-3-6-11-20)21-12-7-4-8-13-21;/h3-15,23H,16-19H2,1-2H3,(H2,26,28,29);1H. The summed E-state index contributed by atoms with van der Waals surface area (Å²) in [6.45, 7) is 2.26. The number of benzene rings is 2. The van der Waals surface area contributed by atoms with Gasteiger partial charge in [0.25, 0.3) is 0 Å². The Hall–Kier alpha value is -2.65. The second kappa shape index (κ2) is 14.4. The molecule has 170 valence electrons. The smallest absolute Gasteiger partial charge is 0.218 e. The van der Waals surface area contributed by atoms with Crippen LogP contribution in [-0.2, 0) is 11.3 Å². The van der Waals surface area contributed by atoms with Gasteiger partial charge in [0.2, 0.25) is 5.88 Å². The largest absolute Gasteiger partial charge is 0.475 e. The lowest BCUT2D eigenvalue weighted by molar-refractivity contribution is 0.143. The minimum Gasteiger partial charge on any atom is -0.475 e. The molecule has 7 heteroatoms. The van der Waals surface area contributed by atoms with Gasteiger partial charge in [-0.1, -0.05) is 66.7 Å². The maximum atomic E-state index is 5.72. The zero-order valence-corrected chi connectivity index (χ0v) is 20.9. The molecule has 0 unspecified atom stereocenters. The van der Waals surface area contributed by atoms with Crippen LogP contribution in [0.1, 0.15) is 22.6 Å². The Morgan fingerprint density at radius 2 is 1.56 bits per heavy atom. The lowest BCUT2D eigenvalue weighted by Crippen LogP contribution is -2.39. The van der Waals surface area contributed by atoms with Crippen LogP contribution in [0.2, 0.25) is 0 Å². The normalized spacial score (nSPS) is 11.0. The summed E-state index contributed by atoms with van der Waals surface area (Å²) in [5, 5.41) is 6.83. The monoisotopic (exact) mass is 546 g/mol. The van der Waals surface area contributed by atoms with E-state index in [0.29, 0.717) is 25.6 Å². The number of nitrogens with zero attached hydrogens (tertiary/aromatic N) is 2. The van der Waals surface area contributed by atoms with Gasteiger partial charge < -0.3 is 20.1 Å². The molecule has 2 aromatic carbocycles. The first-order valence-electron chi connectivity index (χ1n) is 10.4. The Balaban J connectivity index is 0.00000363. The molecule has 0 radical (unpaired) electrons. The fourth-order valence-corrected chi connectivity index (χ4v) is 3.31. The maximum absolute atomic E-state index is 5.72.